The van der Waals surface area contributed by atoms with E-state index in [4.69, 9.17) is 0 Å². The van der Waals surface area contributed by atoms with Crippen molar-refractivity contribution in [1.29, 1.82) is 0 Å². The van der Waals surface area contributed by atoms with Crippen LogP contribution >= 0.6 is 11.3 Å². The van der Waals surface area contributed by atoms with Crippen LogP contribution in [0.3, 0.4) is 0 Å². The first kappa shape index (κ1) is 17.0. The van der Waals surface area contributed by atoms with Crippen LogP contribution < -0.4 is 5.32 Å². The molecule has 1 N–H and O–H groups in total. The van der Waals surface area contributed by atoms with Crippen LogP contribution in [0.2, 0.25) is 0 Å². The third kappa shape index (κ3) is 3.61. The first-order valence-electron chi connectivity index (χ1n) is 8.44. The third-order valence-electron chi connectivity index (χ3n) is 4.74. The van der Waals surface area contributed by atoms with Crippen LogP contribution in [0.15, 0.2) is 23.7 Å². The van der Waals surface area contributed by atoms with Gasteiger partial charge >= 0.3 is 0 Å². The summed E-state index contributed by atoms with van der Waals surface area (Å²) in [6, 6.07) is 0.437. The molecule has 1 saturated heterocycles. The normalized spacial score (nSPS) is 22.0. The van der Waals surface area contributed by atoms with Crippen LogP contribution in [0.5, 0.6) is 0 Å². The van der Waals surface area contributed by atoms with Gasteiger partial charge in [-0.3, -0.25) is 4.99 Å². The molecular formula is C17H26N6S. The molecule has 2 aromatic rings. The Morgan fingerprint density at radius 2 is 2.29 bits per heavy atom. The van der Waals surface area contributed by atoms with Gasteiger partial charge in [0, 0.05) is 37.4 Å². The number of thiazole rings is 1. The number of guanidine groups is 1. The lowest BCUT2D eigenvalue weighted by atomic mass is 9.93. The van der Waals surface area contributed by atoms with Gasteiger partial charge in [0.2, 0.25) is 0 Å². The predicted octanol–water partition coefficient (Wildman–Crippen LogP) is 2.61. The average Bonchev–Trinajstić information content (AvgIpc) is 3.19. The molecule has 0 saturated carbocycles. The van der Waals surface area contributed by atoms with Gasteiger partial charge in [0.15, 0.2) is 5.96 Å². The summed E-state index contributed by atoms with van der Waals surface area (Å²) in [5.74, 6) is 1.61. The smallest absolute Gasteiger partial charge is 0.194 e. The number of likely N-dealkylation sites (tertiary alicyclic amines) is 1. The van der Waals surface area contributed by atoms with Gasteiger partial charge in [0.05, 0.1) is 29.6 Å². The van der Waals surface area contributed by atoms with Crippen LogP contribution in [-0.4, -0.2) is 45.5 Å². The van der Waals surface area contributed by atoms with E-state index in [-0.39, 0.29) is 0 Å². The molecule has 0 aliphatic carbocycles. The van der Waals surface area contributed by atoms with E-state index in [1.807, 2.05) is 19.6 Å². The van der Waals surface area contributed by atoms with E-state index < -0.39 is 0 Å². The third-order valence-corrected chi connectivity index (χ3v) is 5.82. The lowest BCUT2D eigenvalue weighted by molar-refractivity contribution is 0.189. The standard InChI is InChI=1S/C17H26N6S/c1-12-5-7-22(10-15(12)23-8-6-19-11-23)17(18-4)20-9-16-13(2)21-14(3)24-16/h6,8,11-12,15H,5,7,9-10H2,1-4H3,(H,18,20). The van der Waals surface area contributed by atoms with Crippen molar-refractivity contribution in [2.75, 3.05) is 20.1 Å². The van der Waals surface area contributed by atoms with Crippen LogP contribution in [0.4, 0.5) is 0 Å². The highest BCUT2D eigenvalue weighted by molar-refractivity contribution is 7.11. The first-order chi connectivity index (χ1) is 11.6. The minimum absolute atomic E-state index is 0.437. The van der Waals surface area contributed by atoms with Crippen LogP contribution in [0.25, 0.3) is 0 Å². The molecule has 6 nitrogen and oxygen atoms in total. The number of imidazole rings is 1. The van der Waals surface area contributed by atoms with Gasteiger partial charge in [0.25, 0.3) is 0 Å². The number of aromatic nitrogens is 3. The van der Waals surface area contributed by atoms with Crippen LogP contribution in [-0.2, 0) is 6.54 Å². The maximum Gasteiger partial charge on any atom is 0.194 e. The van der Waals surface area contributed by atoms with Crippen molar-refractivity contribution in [1.82, 2.24) is 24.8 Å². The molecule has 3 heterocycles. The summed E-state index contributed by atoms with van der Waals surface area (Å²) in [5, 5.41) is 4.63. The van der Waals surface area contributed by atoms with E-state index in [1.54, 1.807) is 11.3 Å². The highest BCUT2D eigenvalue weighted by atomic mass is 32.1. The molecule has 1 aliphatic heterocycles. The van der Waals surface area contributed by atoms with Crippen molar-refractivity contribution in [3.63, 3.8) is 0 Å². The zero-order valence-corrected chi connectivity index (χ0v) is 15.7. The Morgan fingerprint density at radius 3 is 2.92 bits per heavy atom. The Hall–Kier alpha value is -1.89. The Kier molecular flexibility index (Phi) is 5.18. The summed E-state index contributed by atoms with van der Waals surface area (Å²) in [4.78, 5) is 16.8. The zero-order chi connectivity index (χ0) is 17.1. The Labute approximate surface area is 147 Å². The van der Waals surface area contributed by atoms with Crippen molar-refractivity contribution in [2.45, 2.75) is 39.8 Å². The second kappa shape index (κ2) is 7.34. The lowest BCUT2D eigenvalue weighted by Gasteiger charge is -2.39. The highest BCUT2D eigenvalue weighted by Gasteiger charge is 2.28. The summed E-state index contributed by atoms with van der Waals surface area (Å²) >= 11 is 1.75. The highest BCUT2D eigenvalue weighted by Crippen LogP contribution is 2.27. The van der Waals surface area contributed by atoms with Gasteiger partial charge < -0.3 is 14.8 Å². The number of hydrogen-bond acceptors (Lipinski definition) is 4. The SMILES string of the molecule is CN=C(NCc1sc(C)nc1C)N1CCC(C)C(n2ccnc2)C1. The van der Waals surface area contributed by atoms with Crippen molar-refractivity contribution >= 4 is 17.3 Å². The number of rotatable bonds is 3. The molecule has 0 radical (unpaired) electrons. The molecule has 2 unspecified atom stereocenters. The molecule has 0 amide bonds. The van der Waals surface area contributed by atoms with E-state index in [0.717, 1.165) is 42.7 Å². The second-order valence-electron chi connectivity index (χ2n) is 6.43. The minimum atomic E-state index is 0.437. The fourth-order valence-corrected chi connectivity index (χ4v) is 4.20. The number of nitrogens with one attached hydrogen (secondary N) is 1. The Morgan fingerprint density at radius 1 is 1.46 bits per heavy atom. The molecule has 3 rings (SSSR count). The van der Waals surface area contributed by atoms with Gasteiger partial charge in [-0.2, -0.15) is 0 Å². The molecule has 1 aliphatic rings. The topological polar surface area (TPSA) is 58.3 Å². The molecular weight excluding hydrogens is 320 g/mol. The molecule has 24 heavy (non-hydrogen) atoms. The minimum Gasteiger partial charge on any atom is -0.351 e. The van der Waals surface area contributed by atoms with Crippen molar-refractivity contribution < 1.29 is 0 Å². The van der Waals surface area contributed by atoms with Gasteiger partial charge in [-0.05, 0) is 26.2 Å². The molecule has 0 bridgehead atoms. The van der Waals surface area contributed by atoms with Crippen molar-refractivity contribution in [2.24, 2.45) is 10.9 Å². The number of piperidine rings is 1. The fraction of sp³-hybridized carbons (Fsp3) is 0.588. The number of nitrogens with zero attached hydrogens (tertiary/aromatic N) is 5. The first-order valence-corrected chi connectivity index (χ1v) is 9.26. The van der Waals surface area contributed by atoms with Gasteiger partial charge in [-0.1, -0.05) is 6.92 Å². The van der Waals surface area contributed by atoms with Crippen LogP contribution in [0, 0.1) is 19.8 Å². The molecule has 7 heteroatoms. The maximum atomic E-state index is 4.50. The molecule has 130 valence electrons. The number of aryl methyl sites for hydroxylation is 2. The van der Waals surface area contributed by atoms with E-state index >= 15 is 0 Å². The maximum absolute atomic E-state index is 4.50. The summed E-state index contributed by atoms with van der Waals surface area (Å²) in [5.41, 5.74) is 1.11. The van der Waals surface area contributed by atoms with Crippen molar-refractivity contribution in [3.8, 4) is 0 Å². The Bertz CT molecular complexity index is 690. The molecule has 1 fully saturated rings. The lowest BCUT2D eigenvalue weighted by Crippen LogP contribution is -2.48. The molecule has 0 spiro atoms. The van der Waals surface area contributed by atoms with E-state index in [9.17, 15) is 0 Å². The van der Waals surface area contributed by atoms with Gasteiger partial charge in [-0.25, -0.2) is 9.97 Å². The van der Waals surface area contributed by atoms with Gasteiger partial charge in [0.1, 0.15) is 0 Å². The zero-order valence-electron chi connectivity index (χ0n) is 14.9. The monoisotopic (exact) mass is 346 g/mol. The number of aliphatic imine (C=N–C) groups is 1. The molecule has 0 aromatic carbocycles. The molecule has 2 atom stereocenters. The van der Waals surface area contributed by atoms with E-state index in [0.29, 0.717) is 12.0 Å². The fourth-order valence-electron chi connectivity index (χ4n) is 3.32. The van der Waals surface area contributed by atoms with Gasteiger partial charge in [-0.15, -0.1) is 11.3 Å². The second-order valence-corrected chi connectivity index (χ2v) is 7.72. The Balaban J connectivity index is 1.66. The summed E-state index contributed by atoms with van der Waals surface area (Å²) in [6.07, 6.45) is 6.99. The summed E-state index contributed by atoms with van der Waals surface area (Å²) in [6.45, 7) is 9.22. The number of hydrogen-bond donors (Lipinski definition) is 1. The van der Waals surface area contributed by atoms with Crippen LogP contribution in [0.1, 0.15) is 35.0 Å². The quantitative estimate of drug-likeness (QED) is 0.686. The van der Waals surface area contributed by atoms with E-state index in [1.165, 1.54) is 4.88 Å². The molecule has 2 aromatic heterocycles. The average molecular weight is 347 g/mol. The summed E-state index contributed by atoms with van der Waals surface area (Å²) in [7, 11) is 1.86. The van der Waals surface area contributed by atoms with E-state index in [2.05, 4.69) is 56.7 Å². The predicted molar refractivity (Wildman–Crippen MR) is 98.4 cm³/mol. The van der Waals surface area contributed by atoms with Crippen molar-refractivity contribution in [3.05, 3.63) is 34.3 Å². The largest absolute Gasteiger partial charge is 0.351 e. The summed E-state index contributed by atoms with van der Waals surface area (Å²) < 4.78 is 2.22.